The zero-order valence-electron chi connectivity index (χ0n) is 16.8. The molecule has 6 heteroatoms. The van der Waals surface area contributed by atoms with Crippen LogP contribution < -0.4 is 0 Å². The van der Waals surface area contributed by atoms with Crippen molar-refractivity contribution >= 4 is 23.5 Å². The Morgan fingerprint density at radius 2 is 1.85 bits per heavy atom. The van der Waals surface area contributed by atoms with Gasteiger partial charge >= 0.3 is 6.09 Å². The van der Waals surface area contributed by atoms with Crippen molar-refractivity contribution in [3.05, 3.63) is 47.1 Å². The number of amides is 1. The molecule has 2 rings (SSSR count). The van der Waals surface area contributed by atoms with E-state index in [1.807, 2.05) is 58.0 Å². The molecular weight excluding hydrogens is 364 g/mol. The third-order valence-corrected chi connectivity index (χ3v) is 4.88. The van der Waals surface area contributed by atoms with Crippen LogP contribution in [0.1, 0.15) is 39.2 Å². The van der Waals surface area contributed by atoms with E-state index in [1.165, 1.54) is 0 Å². The fraction of sp³-hybridized carbons (Fsp3) is 0.524. The molecule has 1 aromatic carbocycles. The van der Waals surface area contributed by atoms with Gasteiger partial charge in [-0.1, -0.05) is 23.7 Å². The normalized spacial score (nSPS) is 17.0. The Hall–Kier alpha value is -2.01. The van der Waals surface area contributed by atoms with Gasteiger partial charge in [0.05, 0.1) is 5.41 Å². The molecule has 0 saturated carbocycles. The Morgan fingerprint density at radius 3 is 2.37 bits per heavy atom. The number of halogens is 1. The highest BCUT2D eigenvalue weighted by Gasteiger charge is 2.43. The molecule has 0 bridgehead atoms. The first-order valence-electron chi connectivity index (χ1n) is 9.16. The maximum absolute atomic E-state index is 13.2. The third-order valence-electron chi connectivity index (χ3n) is 4.64. The van der Waals surface area contributed by atoms with Gasteiger partial charge in [-0.25, -0.2) is 4.79 Å². The Bertz CT molecular complexity index is 714. The molecule has 1 amide bonds. The maximum atomic E-state index is 13.2. The monoisotopic (exact) mass is 392 g/mol. The maximum Gasteiger partial charge on any atom is 0.410 e. The minimum Gasteiger partial charge on any atom is -0.444 e. The summed E-state index contributed by atoms with van der Waals surface area (Å²) in [6.07, 6.45) is 4.10. The second-order valence-electron chi connectivity index (χ2n) is 8.20. The van der Waals surface area contributed by atoms with Crippen molar-refractivity contribution in [3.8, 4) is 0 Å². The van der Waals surface area contributed by atoms with E-state index in [9.17, 15) is 9.59 Å². The Morgan fingerprint density at radius 1 is 1.22 bits per heavy atom. The molecule has 1 saturated heterocycles. The lowest BCUT2D eigenvalue weighted by atomic mass is 9.69. The molecule has 0 N–H and O–H groups in total. The van der Waals surface area contributed by atoms with Crippen LogP contribution in [0.4, 0.5) is 4.79 Å². The molecule has 148 valence electrons. The van der Waals surface area contributed by atoms with Crippen LogP contribution in [-0.4, -0.2) is 54.5 Å². The second kappa shape index (κ2) is 8.34. The molecule has 1 aliphatic rings. The van der Waals surface area contributed by atoms with Crippen molar-refractivity contribution in [3.63, 3.8) is 0 Å². The van der Waals surface area contributed by atoms with Crippen molar-refractivity contribution < 1.29 is 14.3 Å². The predicted molar refractivity (Wildman–Crippen MR) is 108 cm³/mol. The molecule has 0 atom stereocenters. The van der Waals surface area contributed by atoms with Crippen molar-refractivity contribution in [1.29, 1.82) is 0 Å². The summed E-state index contributed by atoms with van der Waals surface area (Å²) >= 11 is 6.19. The largest absolute Gasteiger partial charge is 0.444 e. The van der Waals surface area contributed by atoms with Crippen molar-refractivity contribution in [1.82, 2.24) is 9.80 Å². The lowest BCUT2D eigenvalue weighted by Crippen LogP contribution is -2.49. The number of carbonyl (C=O) groups excluding carboxylic acids is 2. The van der Waals surface area contributed by atoms with E-state index < -0.39 is 11.0 Å². The fourth-order valence-corrected chi connectivity index (χ4v) is 3.43. The molecule has 1 heterocycles. The average molecular weight is 393 g/mol. The van der Waals surface area contributed by atoms with Crippen LogP contribution in [0.3, 0.4) is 0 Å². The van der Waals surface area contributed by atoms with E-state index >= 15 is 0 Å². The van der Waals surface area contributed by atoms with Crippen LogP contribution in [0.25, 0.3) is 0 Å². The summed E-state index contributed by atoms with van der Waals surface area (Å²) in [4.78, 5) is 29.0. The van der Waals surface area contributed by atoms with Crippen molar-refractivity contribution in [2.45, 2.75) is 44.6 Å². The number of nitrogens with zero attached hydrogens (tertiary/aromatic N) is 2. The SMILES string of the molecule is CN(C)C=CC(=O)C1(c2cccc(Cl)c2)CCN(C(=O)OC(C)(C)C)CC1. The summed E-state index contributed by atoms with van der Waals surface area (Å²) < 4.78 is 5.47. The van der Waals surface area contributed by atoms with Gasteiger partial charge in [-0.05, 0) is 57.4 Å². The summed E-state index contributed by atoms with van der Waals surface area (Å²) in [7, 11) is 3.75. The molecule has 1 fully saturated rings. The zero-order chi connectivity index (χ0) is 20.2. The molecule has 5 nitrogen and oxygen atoms in total. The van der Waals surface area contributed by atoms with E-state index in [0.717, 1.165) is 5.56 Å². The predicted octanol–water partition coefficient (Wildman–Crippen LogP) is 4.25. The van der Waals surface area contributed by atoms with Crippen LogP contribution in [0.2, 0.25) is 5.02 Å². The molecule has 0 spiro atoms. The van der Waals surface area contributed by atoms with Gasteiger partial charge in [0, 0.05) is 38.4 Å². The zero-order valence-corrected chi connectivity index (χ0v) is 17.5. The van der Waals surface area contributed by atoms with Gasteiger partial charge < -0.3 is 14.5 Å². The summed E-state index contributed by atoms with van der Waals surface area (Å²) in [5.74, 6) is 0.0299. The van der Waals surface area contributed by atoms with E-state index in [0.29, 0.717) is 31.0 Å². The first-order valence-corrected chi connectivity index (χ1v) is 9.54. The van der Waals surface area contributed by atoms with Crippen molar-refractivity contribution in [2.75, 3.05) is 27.2 Å². The first-order chi connectivity index (χ1) is 12.5. The van der Waals surface area contributed by atoms with E-state index in [1.54, 1.807) is 23.2 Å². The summed E-state index contributed by atoms with van der Waals surface area (Å²) in [6, 6.07) is 7.46. The number of likely N-dealkylation sites (tertiary alicyclic amines) is 1. The van der Waals surface area contributed by atoms with Crippen LogP contribution in [0.5, 0.6) is 0 Å². The molecule has 27 heavy (non-hydrogen) atoms. The molecule has 1 aromatic rings. The molecule has 0 aliphatic carbocycles. The minimum absolute atomic E-state index is 0.0299. The molecule has 0 unspecified atom stereocenters. The van der Waals surface area contributed by atoms with Gasteiger partial charge in [0.2, 0.25) is 0 Å². The number of ketones is 1. The fourth-order valence-electron chi connectivity index (χ4n) is 3.24. The number of allylic oxidation sites excluding steroid dienone is 1. The Kier molecular flexibility index (Phi) is 6.58. The van der Waals surface area contributed by atoms with E-state index in [-0.39, 0.29) is 11.9 Å². The standard InChI is InChI=1S/C21H29ClN2O3/c1-20(2,3)27-19(26)24-13-10-21(11-14-24,18(25)9-12-23(4)5)16-7-6-8-17(22)15-16/h6-9,12,15H,10-11,13-14H2,1-5H3. The smallest absolute Gasteiger partial charge is 0.410 e. The summed E-state index contributed by atoms with van der Waals surface area (Å²) in [5, 5.41) is 0.603. The number of carbonyl (C=O) groups is 2. The van der Waals surface area contributed by atoms with Crippen LogP contribution in [0, 0.1) is 0 Å². The second-order valence-corrected chi connectivity index (χ2v) is 8.64. The van der Waals surface area contributed by atoms with Crippen LogP contribution in [0.15, 0.2) is 36.5 Å². The average Bonchev–Trinajstić information content (AvgIpc) is 2.58. The van der Waals surface area contributed by atoms with Gasteiger partial charge in [-0.15, -0.1) is 0 Å². The van der Waals surface area contributed by atoms with Gasteiger partial charge in [0.1, 0.15) is 5.60 Å². The molecular formula is C21H29ClN2O3. The summed E-state index contributed by atoms with van der Waals surface area (Å²) in [6.45, 7) is 6.47. The lowest BCUT2D eigenvalue weighted by molar-refractivity contribution is -0.121. The van der Waals surface area contributed by atoms with Gasteiger partial charge in [-0.3, -0.25) is 4.79 Å². The Balaban J connectivity index is 2.26. The van der Waals surface area contributed by atoms with E-state index in [4.69, 9.17) is 16.3 Å². The number of ether oxygens (including phenoxy) is 1. The number of hydrogen-bond acceptors (Lipinski definition) is 4. The number of piperidine rings is 1. The first kappa shape index (κ1) is 21.3. The van der Waals surface area contributed by atoms with Gasteiger partial charge in [0.15, 0.2) is 5.78 Å². The number of hydrogen-bond donors (Lipinski definition) is 0. The van der Waals surface area contributed by atoms with Crippen molar-refractivity contribution in [2.24, 2.45) is 0 Å². The lowest BCUT2D eigenvalue weighted by Gasteiger charge is -2.41. The van der Waals surface area contributed by atoms with Gasteiger partial charge in [0.25, 0.3) is 0 Å². The topological polar surface area (TPSA) is 49.9 Å². The molecule has 1 aliphatic heterocycles. The number of benzene rings is 1. The van der Waals surface area contributed by atoms with E-state index in [2.05, 4.69) is 0 Å². The highest BCUT2D eigenvalue weighted by atomic mass is 35.5. The van der Waals surface area contributed by atoms with Gasteiger partial charge in [-0.2, -0.15) is 0 Å². The molecule has 0 radical (unpaired) electrons. The number of rotatable bonds is 4. The Labute approximate surface area is 166 Å². The third kappa shape index (κ3) is 5.48. The summed E-state index contributed by atoms with van der Waals surface area (Å²) in [5.41, 5.74) is -0.328. The van der Waals surface area contributed by atoms with Crippen LogP contribution in [-0.2, 0) is 14.9 Å². The highest BCUT2D eigenvalue weighted by molar-refractivity contribution is 6.30. The van der Waals surface area contributed by atoms with Crippen LogP contribution >= 0.6 is 11.6 Å². The molecule has 0 aromatic heterocycles. The highest BCUT2D eigenvalue weighted by Crippen LogP contribution is 2.38. The quantitative estimate of drug-likeness (QED) is 0.718. The minimum atomic E-state index is -0.685.